The summed E-state index contributed by atoms with van der Waals surface area (Å²) in [7, 11) is -3.70. The van der Waals surface area contributed by atoms with Crippen LogP contribution in [0.25, 0.3) is 0 Å². The summed E-state index contributed by atoms with van der Waals surface area (Å²) in [6, 6.07) is 12.1. The van der Waals surface area contributed by atoms with Crippen molar-refractivity contribution >= 4 is 33.4 Å². The molecule has 2 aromatic carbocycles. The van der Waals surface area contributed by atoms with Gasteiger partial charge in [-0.2, -0.15) is 4.31 Å². The summed E-state index contributed by atoms with van der Waals surface area (Å²) >= 11 is 5.92. The van der Waals surface area contributed by atoms with E-state index in [1.807, 2.05) is 0 Å². The van der Waals surface area contributed by atoms with Crippen molar-refractivity contribution in [1.29, 1.82) is 0 Å². The van der Waals surface area contributed by atoms with E-state index in [9.17, 15) is 18.0 Å². The number of rotatable bonds is 4. The van der Waals surface area contributed by atoms with Gasteiger partial charge in [-0.05, 0) is 42.5 Å². The van der Waals surface area contributed by atoms with Gasteiger partial charge < -0.3 is 10.6 Å². The quantitative estimate of drug-likeness (QED) is 0.831. The summed E-state index contributed by atoms with van der Waals surface area (Å²) in [5, 5.41) is 0.474. The number of nitrogens with zero attached hydrogens (tertiary/aromatic N) is 2. The van der Waals surface area contributed by atoms with Crippen LogP contribution in [0.4, 0.5) is 0 Å². The predicted molar refractivity (Wildman–Crippen MR) is 101 cm³/mol. The van der Waals surface area contributed by atoms with Crippen molar-refractivity contribution in [1.82, 2.24) is 9.21 Å². The Labute approximate surface area is 162 Å². The lowest BCUT2D eigenvalue weighted by Crippen LogP contribution is -2.50. The lowest BCUT2D eigenvalue weighted by molar-refractivity contribution is 0.0697. The molecule has 142 valence electrons. The topological polar surface area (TPSA) is 101 Å². The standard InChI is InChI=1S/C18H18ClN3O4S/c19-15-3-1-2-14(12-15)18(24)21-8-10-22(11-9-21)27(25,26)16-6-4-13(5-7-16)17(20)23/h1-7,12H,8-11H2,(H2,20,23). The summed E-state index contributed by atoms with van der Waals surface area (Å²) in [6.45, 7) is 0.937. The van der Waals surface area contributed by atoms with Gasteiger partial charge in [0.25, 0.3) is 5.91 Å². The minimum Gasteiger partial charge on any atom is -0.366 e. The molecular weight excluding hydrogens is 390 g/mol. The average molecular weight is 408 g/mol. The van der Waals surface area contributed by atoms with Crippen LogP contribution in [0.15, 0.2) is 53.4 Å². The Morgan fingerprint density at radius 3 is 2.11 bits per heavy atom. The van der Waals surface area contributed by atoms with E-state index in [0.29, 0.717) is 10.6 Å². The molecule has 1 aliphatic heterocycles. The zero-order valence-corrected chi connectivity index (χ0v) is 15.9. The molecule has 2 aromatic rings. The van der Waals surface area contributed by atoms with E-state index in [0.717, 1.165) is 0 Å². The maximum absolute atomic E-state index is 12.7. The fourth-order valence-electron chi connectivity index (χ4n) is 2.88. The Balaban J connectivity index is 1.69. The van der Waals surface area contributed by atoms with Gasteiger partial charge in [-0.3, -0.25) is 9.59 Å². The van der Waals surface area contributed by atoms with Gasteiger partial charge in [-0.1, -0.05) is 17.7 Å². The van der Waals surface area contributed by atoms with Crippen molar-refractivity contribution in [2.75, 3.05) is 26.2 Å². The van der Waals surface area contributed by atoms with E-state index >= 15 is 0 Å². The number of primary amides is 1. The predicted octanol–water partition coefficient (Wildman–Crippen LogP) is 1.59. The van der Waals surface area contributed by atoms with Crippen molar-refractivity contribution in [3.05, 3.63) is 64.7 Å². The zero-order valence-electron chi connectivity index (χ0n) is 14.3. The molecule has 0 radical (unpaired) electrons. The summed E-state index contributed by atoms with van der Waals surface area (Å²) in [6.07, 6.45) is 0. The number of carbonyl (C=O) groups is 2. The van der Waals surface area contributed by atoms with Crippen molar-refractivity contribution in [2.45, 2.75) is 4.90 Å². The Morgan fingerprint density at radius 2 is 1.56 bits per heavy atom. The van der Waals surface area contributed by atoms with Crippen LogP contribution in [0.5, 0.6) is 0 Å². The molecule has 3 rings (SSSR count). The number of sulfonamides is 1. The number of carbonyl (C=O) groups excluding carboxylic acids is 2. The highest BCUT2D eigenvalue weighted by atomic mass is 35.5. The van der Waals surface area contributed by atoms with Gasteiger partial charge in [-0.25, -0.2) is 8.42 Å². The molecule has 2 amide bonds. The van der Waals surface area contributed by atoms with E-state index in [4.69, 9.17) is 17.3 Å². The highest BCUT2D eigenvalue weighted by Gasteiger charge is 2.30. The lowest BCUT2D eigenvalue weighted by Gasteiger charge is -2.34. The summed E-state index contributed by atoms with van der Waals surface area (Å²) in [5.41, 5.74) is 5.89. The molecule has 0 unspecified atom stereocenters. The molecule has 0 atom stereocenters. The molecule has 0 aromatic heterocycles. The number of nitrogens with two attached hydrogens (primary N) is 1. The highest BCUT2D eigenvalue weighted by Crippen LogP contribution is 2.20. The third-order valence-corrected chi connectivity index (χ3v) is 6.52. The van der Waals surface area contributed by atoms with E-state index in [-0.39, 0.29) is 42.5 Å². The van der Waals surface area contributed by atoms with Crippen LogP contribution in [0, 0.1) is 0 Å². The Kier molecular flexibility index (Phi) is 5.50. The van der Waals surface area contributed by atoms with Crippen LogP contribution in [-0.2, 0) is 10.0 Å². The second-order valence-electron chi connectivity index (χ2n) is 6.10. The molecule has 0 aliphatic carbocycles. The highest BCUT2D eigenvalue weighted by molar-refractivity contribution is 7.89. The molecule has 27 heavy (non-hydrogen) atoms. The summed E-state index contributed by atoms with van der Waals surface area (Å²) in [5.74, 6) is -0.799. The number of hydrogen-bond donors (Lipinski definition) is 1. The third kappa shape index (κ3) is 4.13. The summed E-state index contributed by atoms with van der Waals surface area (Å²) < 4.78 is 26.8. The molecule has 2 N–H and O–H groups in total. The first-order chi connectivity index (χ1) is 12.8. The largest absolute Gasteiger partial charge is 0.366 e. The van der Waals surface area contributed by atoms with Crippen molar-refractivity contribution in [2.24, 2.45) is 5.73 Å². The fourth-order valence-corrected chi connectivity index (χ4v) is 4.49. The number of amides is 2. The first-order valence-corrected chi connectivity index (χ1v) is 10.1. The molecular formula is C18H18ClN3O4S. The van der Waals surface area contributed by atoms with Crippen LogP contribution in [-0.4, -0.2) is 55.6 Å². The van der Waals surface area contributed by atoms with Crippen LogP contribution in [0.1, 0.15) is 20.7 Å². The van der Waals surface area contributed by atoms with Crippen molar-refractivity contribution in [3.8, 4) is 0 Å². The molecule has 1 saturated heterocycles. The first kappa shape index (κ1) is 19.3. The van der Waals surface area contributed by atoms with Gasteiger partial charge in [0.1, 0.15) is 0 Å². The molecule has 1 heterocycles. The van der Waals surface area contributed by atoms with E-state index in [1.165, 1.54) is 28.6 Å². The van der Waals surface area contributed by atoms with Crippen molar-refractivity contribution < 1.29 is 18.0 Å². The maximum Gasteiger partial charge on any atom is 0.253 e. The molecule has 0 spiro atoms. The summed E-state index contributed by atoms with van der Waals surface area (Å²) in [4.78, 5) is 25.3. The number of piperazine rings is 1. The van der Waals surface area contributed by atoms with E-state index in [1.54, 1.807) is 29.2 Å². The minimum atomic E-state index is -3.70. The average Bonchev–Trinajstić information content (AvgIpc) is 2.67. The first-order valence-electron chi connectivity index (χ1n) is 8.24. The van der Waals surface area contributed by atoms with Crippen LogP contribution < -0.4 is 5.73 Å². The van der Waals surface area contributed by atoms with Gasteiger partial charge in [-0.15, -0.1) is 0 Å². The smallest absolute Gasteiger partial charge is 0.253 e. The molecule has 0 bridgehead atoms. The van der Waals surface area contributed by atoms with Gasteiger partial charge in [0.2, 0.25) is 15.9 Å². The maximum atomic E-state index is 12.7. The van der Waals surface area contributed by atoms with Gasteiger partial charge in [0.15, 0.2) is 0 Å². The minimum absolute atomic E-state index is 0.0853. The van der Waals surface area contributed by atoms with Crippen molar-refractivity contribution in [3.63, 3.8) is 0 Å². The number of halogens is 1. The van der Waals surface area contributed by atoms with Crippen LogP contribution in [0.3, 0.4) is 0 Å². The third-order valence-electron chi connectivity index (χ3n) is 4.37. The zero-order chi connectivity index (χ0) is 19.6. The lowest BCUT2D eigenvalue weighted by atomic mass is 10.2. The second-order valence-corrected chi connectivity index (χ2v) is 8.47. The van der Waals surface area contributed by atoms with Crippen LogP contribution >= 0.6 is 11.6 Å². The normalized spacial score (nSPS) is 15.5. The van der Waals surface area contributed by atoms with Gasteiger partial charge in [0, 0.05) is 42.3 Å². The van der Waals surface area contributed by atoms with Crippen LogP contribution in [0.2, 0.25) is 5.02 Å². The number of hydrogen-bond acceptors (Lipinski definition) is 4. The fraction of sp³-hybridized carbons (Fsp3) is 0.222. The monoisotopic (exact) mass is 407 g/mol. The van der Waals surface area contributed by atoms with Gasteiger partial charge >= 0.3 is 0 Å². The van der Waals surface area contributed by atoms with Gasteiger partial charge in [0.05, 0.1) is 4.90 Å². The molecule has 1 fully saturated rings. The Bertz CT molecular complexity index is 968. The second kappa shape index (κ2) is 7.67. The van der Waals surface area contributed by atoms with E-state index in [2.05, 4.69) is 0 Å². The van der Waals surface area contributed by atoms with E-state index < -0.39 is 15.9 Å². The number of benzene rings is 2. The molecule has 0 saturated carbocycles. The Morgan fingerprint density at radius 1 is 0.926 bits per heavy atom. The molecule has 7 nitrogen and oxygen atoms in total. The SMILES string of the molecule is NC(=O)c1ccc(S(=O)(=O)N2CCN(C(=O)c3cccc(Cl)c3)CC2)cc1. The molecule has 1 aliphatic rings. The Hall–Kier alpha value is -2.42. The molecule has 9 heteroatoms.